The lowest BCUT2D eigenvalue weighted by Crippen LogP contribution is -2.14. The van der Waals surface area contributed by atoms with Gasteiger partial charge in [-0.05, 0) is 184 Å². The first-order valence-corrected chi connectivity index (χ1v) is 25.3. The number of nitrogens with zero attached hydrogens (tertiary/aromatic N) is 2. The Kier molecular flexibility index (Phi) is 9.32. The van der Waals surface area contributed by atoms with Crippen molar-refractivity contribution in [2.24, 2.45) is 0 Å². The van der Waals surface area contributed by atoms with Crippen molar-refractivity contribution in [3.63, 3.8) is 0 Å². The Hall–Kier alpha value is -8.72. The molecule has 0 bridgehead atoms. The highest BCUT2D eigenvalue weighted by atomic mass is 15.1. The molecule has 0 saturated heterocycles. The molecule has 2 heteroatoms. The lowest BCUT2D eigenvalue weighted by atomic mass is 9.82. The number of hydrogen-bond acceptors (Lipinski definition) is 2. The zero-order valence-corrected chi connectivity index (χ0v) is 41.0. The summed E-state index contributed by atoms with van der Waals surface area (Å²) < 4.78 is 0. The molecule has 0 heterocycles. The predicted octanol–water partition coefficient (Wildman–Crippen LogP) is 19.5. The molecule has 0 spiro atoms. The van der Waals surface area contributed by atoms with Crippen LogP contribution in [0.25, 0.3) is 76.5 Å². The van der Waals surface area contributed by atoms with E-state index in [4.69, 9.17) is 0 Å². The molecule has 2 aliphatic rings. The molecule has 72 heavy (non-hydrogen) atoms. The summed E-state index contributed by atoms with van der Waals surface area (Å²) in [6, 6.07) is 89.9. The summed E-state index contributed by atoms with van der Waals surface area (Å²) in [6.07, 6.45) is 0. The van der Waals surface area contributed by atoms with Gasteiger partial charge in [-0.2, -0.15) is 0 Å². The Bertz CT molecular complexity index is 3860. The van der Waals surface area contributed by atoms with E-state index in [2.05, 4.69) is 280 Å². The molecule has 0 N–H and O–H groups in total. The average molecular weight is 921 g/mol. The van der Waals surface area contributed by atoms with E-state index in [-0.39, 0.29) is 10.8 Å². The van der Waals surface area contributed by atoms with Crippen molar-refractivity contribution in [3.8, 4) is 33.4 Å². The van der Waals surface area contributed by atoms with E-state index >= 15 is 0 Å². The summed E-state index contributed by atoms with van der Waals surface area (Å²) in [5.74, 6) is 0. The van der Waals surface area contributed by atoms with Gasteiger partial charge in [0.15, 0.2) is 0 Å². The zero-order chi connectivity index (χ0) is 48.3. The summed E-state index contributed by atoms with van der Waals surface area (Å²) >= 11 is 0. The zero-order valence-electron chi connectivity index (χ0n) is 41.0. The molecule has 0 radical (unpaired) electrons. The van der Waals surface area contributed by atoms with Crippen molar-refractivity contribution < 1.29 is 0 Å². The summed E-state index contributed by atoms with van der Waals surface area (Å²) in [5.41, 5.74) is 19.5. The van der Waals surface area contributed by atoms with Crippen molar-refractivity contribution in [1.29, 1.82) is 0 Å². The van der Waals surface area contributed by atoms with E-state index < -0.39 is 0 Å². The van der Waals surface area contributed by atoms with Gasteiger partial charge in [-0.3, -0.25) is 0 Å². The molecule has 0 saturated carbocycles. The monoisotopic (exact) mass is 920 g/mol. The van der Waals surface area contributed by atoms with Crippen LogP contribution in [0.1, 0.15) is 49.9 Å². The fourth-order valence-corrected chi connectivity index (χ4v) is 12.6. The van der Waals surface area contributed by atoms with Gasteiger partial charge in [0.05, 0.1) is 0 Å². The van der Waals surface area contributed by atoms with Gasteiger partial charge in [0, 0.05) is 45.0 Å². The van der Waals surface area contributed by atoms with Crippen molar-refractivity contribution in [2.75, 3.05) is 9.80 Å². The lowest BCUT2D eigenvalue weighted by molar-refractivity contribution is 0.662. The van der Waals surface area contributed by atoms with Gasteiger partial charge in [-0.1, -0.05) is 185 Å². The van der Waals surface area contributed by atoms with Crippen molar-refractivity contribution in [3.05, 3.63) is 265 Å². The molecule has 2 nitrogen and oxygen atoms in total. The maximum absolute atomic E-state index is 2.41. The minimum atomic E-state index is -0.0377. The van der Waals surface area contributed by atoms with Crippen LogP contribution in [0, 0.1) is 0 Å². The quantitative estimate of drug-likeness (QED) is 0.133. The van der Waals surface area contributed by atoms with E-state index in [1.807, 2.05) is 0 Å². The van der Waals surface area contributed by atoms with Crippen LogP contribution in [0.15, 0.2) is 243 Å². The van der Waals surface area contributed by atoms with Crippen LogP contribution in [-0.2, 0) is 10.8 Å². The topological polar surface area (TPSA) is 6.48 Å². The second-order valence-electron chi connectivity index (χ2n) is 20.9. The molecule has 12 aromatic rings. The van der Waals surface area contributed by atoms with Crippen molar-refractivity contribution >= 4 is 77.2 Å². The second kappa shape index (κ2) is 15.9. The van der Waals surface area contributed by atoms with Gasteiger partial charge in [-0.25, -0.2) is 0 Å². The summed E-state index contributed by atoms with van der Waals surface area (Å²) in [5, 5.41) is 10.8. The third-order valence-corrected chi connectivity index (χ3v) is 16.1. The Morgan fingerprint density at radius 2 is 0.583 bits per heavy atom. The van der Waals surface area contributed by atoms with E-state index in [9.17, 15) is 0 Å². The van der Waals surface area contributed by atoms with E-state index in [0.717, 1.165) is 45.3 Å². The normalized spacial score (nSPS) is 13.8. The number of para-hydroxylation sites is 2. The van der Waals surface area contributed by atoms with Crippen LogP contribution in [0.3, 0.4) is 0 Å². The molecule has 0 fully saturated rings. The average Bonchev–Trinajstić information content (AvgIpc) is 3.82. The first kappa shape index (κ1) is 42.2. The van der Waals surface area contributed by atoms with E-state index in [1.165, 1.54) is 87.6 Å². The Morgan fingerprint density at radius 3 is 0.986 bits per heavy atom. The Morgan fingerprint density at radius 1 is 0.250 bits per heavy atom. The number of anilines is 6. The molecular formula is C70H52N2. The highest BCUT2D eigenvalue weighted by molar-refractivity contribution is 6.21. The fourth-order valence-electron chi connectivity index (χ4n) is 12.6. The largest absolute Gasteiger partial charge is 0.310 e. The van der Waals surface area contributed by atoms with E-state index in [0.29, 0.717) is 0 Å². The summed E-state index contributed by atoms with van der Waals surface area (Å²) in [4.78, 5) is 4.75. The first-order chi connectivity index (χ1) is 35.2. The van der Waals surface area contributed by atoms with Gasteiger partial charge in [0.25, 0.3) is 0 Å². The molecule has 0 unspecified atom stereocenters. The minimum absolute atomic E-state index is 0.0377. The first-order valence-electron chi connectivity index (χ1n) is 25.3. The molecule has 0 atom stereocenters. The fraction of sp³-hybridized carbons (Fsp3) is 0.0857. The van der Waals surface area contributed by atoms with Crippen molar-refractivity contribution in [1.82, 2.24) is 0 Å². The Labute approximate surface area is 421 Å². The van der Waals surface area contributed by atoms with Gasteiger partial charge in [-0.15, -0.1) is 0 Å². The van der Waals surface area contributed by atoms with Gasteiger partial charge in [0.2, 0.25) is 0 Å². The minimum Gasteiger partial charge on any atom is -0.310 e. The van der Waals surface area contributed by atoms with Crippen LogP contribution in [0.2, 0.25) is 0 Å². The number of rotatable bonds is 9. The smallest absolute Gasteiger partial charge is 0.0467 e. The lowest BCUT2D eigenvalue weighted by Gasteiger charge is -2.27. The van der Waals surface area contributed by atoms with Gasteiger partial charge < -0.3 is 9.80 Å². The van der Waals surface area contributed by atoms with Crippen LogP contribution >= 0.6 is 0 Å². The highest BCUT2D eigenvalue weighted by Crippen LogP contribution is 2.53. The maximum atomic E-state index is 2.41. The number of benzene rings is 12. The molecule has 2 aliphatic carbocycles. The van der Waals surface area contributed by atoms with Crippen LogP contribution in [-0.4, -0.2) is 0 Å². The summed E-state index contributed by atoms with van der Waals surface area (Å²) in [7, 11) is 0. The van der Waals surface area contributed by atoms with Crippen LogP contribution in [0.5, 0.6) is 0 Å². The summed E-state index contributed by atoms with van der Waals surface area (Å²) in [6.45, 7) is 9.47. The SMILES string of the molecule is CC1(C)c2cccc3cc(-c4cccc(N(c5ccccc5)c5ccc(-c6ccc(N(c7ccccc7)c7cccc(-c8cc9cccc%10c9c9c(cccc89)C%10(C)C)c7)cc6)cc5)c4)c4cccc1c4c23. The van der Waals surface area contributed by atoms with Gasteiger partial charge >= 0.3 is 0 Å². The molecule has 0 amide bonds. The molecule has 0 aliphatic heterocycles. The van der Waals surface area contributed by atoms with Crippen LogP contribution < -0.4 is 9.80 Å². The predicted molar refractivity (Wildman–Crippen MR) is 306 cm³/mol. The number of hydrogen-bond donors (Lipinski definition) is 0. The standard InChI is InChI=1S/C70H52N2/c1-69(2)61-29-13-19-49-43-59(57-27-15-31-63(69)67(57)65(49)61)47-17-11-25-55(41-47)71(51-21-7-5-8-22-51)53-37-33-45(34-38-53)46-35-39-54(40-36-46)72(52-23-9-6-10-24-52)56-26-12-18-48(42-56)60-44-50-20-14-30-62-66(50)68-58(60)28-16-32-64(68)70(62,3)4/h5-44H,1-4H3. The third kappa shape index (κ3) is 6.35. The van der Waals surface area contributed by atoms with Gasteiger partial charge in [0.1, 0.15) is 0 Å². The third-order valence-electron chi connectivity index (χ3n) is 16.1. The molecule has 342 valence electrons. The second-order valence-corrected chi connectivity index (χ2v) is 20.9. The Balaban J connectivity index is 0.808. The molecular weight excluding hydrogens is 869 g/mol. The highest BCUT2D eigenvalue weighted by Gasteiger charge is 2.36. The molecule has 0 aromatic heterocycles. The molecule has 14 rings (SSSR count). The van der Waals surface area contributed by atoms with Crippen molar-refractivity contribution in [2.45, 2.75) is 38.5 Å². The van der Waals surface area contributed by atoms with E-state index in [1.54, 1.807) is 0 Å². The van der Waals surface area contributed by atoms with Crippen LogP contribution in [0.4, 0.5) is 34.1 Å². The maximum Gasteiger partial charge on any atom is 0.0467 e. The molecule has 12 aromatic carbocycles.